The van der Waals surface area contributed by atoms with Crippen molar-refractivity contribution in [1.82, 2.24) is 0 Å². The molecule has 0 saturated carbocycles. The van der Waals surface area contributed by atoms with Gasteiger partial charge < -0.3 is 14.6 Å². The molecule has 19 heavy (non-hydrogen) atoms. The van der Waals surface area contributed by atoms with E-state index in [4.69, 9.17) is 4.74 Å². The van der Waals surface area contributed by atoms with Crippen LogP contribution in [0.5, 0.6) is 0 Å². The molecule has 5 atom stereocenters. The molecule has 1 N–H and O–H groups in total. The van der Waals surface area contributed by atoms with Crippen LogP contribution in [0, 0.1) is 17.8 Å². The second-order valence-electron chi connectivity index (χ2n) is 5.91. The molecule has 0 aromatic heterocycles. The molecule has 1 fully saturated rings. The first-order valence-electron chi connectivity index (χ1n) is 6.98. The minimum absolute atomic E-state index is 0.148. The van der Waals surface area contributed by atoms with E-state index in [9.17, 15) is 14.7 Å². The summed E-state index contributed by atoms with van der Waals surface area (Å²) in [6.45, 7) is 5.46. The first-order chi connectivity index (χ1) is 8.90. The highest BCUT2D eigenvalue weighted by Gasteiger charge is 2.47. The van der Waals surface area contributed by atoms with E-state index in [0.29, 0.717) is 12.8 Å². The van der Waals surface area contributed by atoms with Gasteiger partial charge in [0.05, 0.1) is 12.0 Å². The molecular weight excluding hydrogens is 244 g/mol. The highest BCUT2D eigenvalue weighted by Crippen LogP contribution is 2.40. The van der Waals surface area contributed by atoms with Crippen molar-refractivity contribution >= 4 is 11.8 Å². The van der Waals surface area contributed by atoms with Gasteiger partial charge >= 0.3 is 5.97 Å². The van der Waals surface area contributed by atoms with Gasteiger partial charge in [0.1, 0.15) is 11.9 Å². The van der Waals surface area contributed by atoms with Crippen LogP contribution in [0.15, 0.2) is 11.6 Å². The molecule has 0 spiro atoms. The standard InChI is InChI=1S/C15H22O4/c1-8-6-13-14(10(3)15(18)19-13)12(17)7-11(8)5-4-9(2)16/h7-8,10,12-14,17H,4-6H2,1-3H3/t8-,10+,12+,13+,14-/m0/s1. The van der Waals surface area contributed by atoms with E-state index in [1.165, 1.54) is 0 Å². The van der Waals surface area contributed by atoms with Crippen LogP contribution in [-0.4, -0.2) is 29.1 Å². The number of hydrogen-bond donors (Lipinski definition) is 1. The van der Waals surface area contributed by atoms with E-state index in [2.05, 4.69) is 6.92 Å². The SMILES string of the molecule is CC(=O)CCC1=C[C@@H](O)[C@H]2[C@@H](C[C@@H]1C)OC(=O)[C@@H]2C. The summed E-state index contributed by atoms with van der Waals surface area (Å²) in [4.78, 5) is 22.7. The Morgan fingerprint density at radius 2 is 2.16 bits per heavy atom. The topological polar surface area (TPSA) is 63.6 Å². The largest absolute Gasteiger partial charge is 0.462 e. The molecule has 1 saturated heterocycles. The summed E-state index contributed by atoms with van der Waals surface area (Å²) in [7, 11) is 0. The Hall–Kier alpha value is -1.16. The van der Waals surface area contributed by atoms with Gasteiger partial charge in [-0.25, -0.2) is 0 Å². The summed E-state index contributed by atoms with van der Waals surface area (Å²) in [5.74, 6) is -0.212. The van der Waals surface area contributed by atoms with Crippen LogP contribution >= 0.6 is 0 Å². The van der Waals surface area contributed by atoms with Gasteiger partial charge in [0.15, 0.2) is 0 Å². The van der Waals surface area contributed by atoms with Crippen LogP contribution < -0.4 is 0 Å². The average Bonchev–Trinajstić information content (AvgIpc) is 2.52. The third-order valence-corrected chi connectivity index (χ3v) is 4.41. The number of carbonyl (C=O) groups is 2. The lowest BCUT2D eigenvalue weighted by Gasteiger charge is -2.20. The summed E-state index contributed by atoms with van der Waals surface area (Å²) >= 11 is 0. The molecule has 0 unspecified atom stereocenters. The van der Waals surface area contributed by atoms with E-state index in [0.717, 1.165) is 12.0 Å². The van der Waals surface area contributed by atoms with Crippen LogP contribution in [0.2, 0.25) is 0 Å². The third kappa shape index (κ3) is 2.89. The number of ether oxygens (including phenoxy) is 1. The molecule has 1 heterocycles. The predicted octanol–water partition coefficient (Wildman–Crippen LogP) is 1.86. The number of esters is 1. The monoisotopic (exact) mass is 266 g/mol. The van der Waals surface area contributed by atoms with Gasteiger partial charge in [-0.3, -0.25) is 4.79 Å². The summed E-state index contributed by atoms with van der Waals surface area (Å²) in [6, 6.07) is 0. The number of Topliss-reactive ketones (excluding diaryl/α,β-unsaturated/α-hetero) is 1. The number of rotatable bonds is 3. The van der Waals surface area contributed by atoms with Crippen molar-refractivity contribution in [2.24, 2.45) is 17.8 Å². The Morgan fingerprint density at radius 3 is 2.79 bits per heavy atom. The number of aliphatic hydroxyl groups excluding tert-OH is 1. The average molecular weight is 266 g/mol. The van der Waals surface area contributed by atoms with Crippen LogP contribution in [0.25, 0.3) is 0 Å². The summed E-state index contributed by atoms with van der Waals surface area (Å²) < 4.78 is 5.37. The normalized spacial score (nSPS) is 38.2. The fourth-order valence-electron chi connectivity index (χ4n) is 3.18. The molecular formula is C15H22O4. The number of carbonyl (C=O) groups excluding carboxylic acids is 2. The maximum absolute atomic E-state index is 11.6. The molecule has 0 aromatic rings. The Balaban J connectivity index is 2.16. The summed E-state index contributed by atoms with van der Waals surface area (Å²) in [6.07, 6.45) is 2.93. The second-order valence-corrected chi connectivity index (χ2v) is 5.91. The molecule has 1 aliphatic heterocycles. The Kier molecular flexibility index (Phi) is 4.09. The van der Waals surface area contributed by atoms with Crippen molar-refractivity contribution in [3.8, 4) is 0 Å². The lowest BCUT2D eigenvalue weighted by Crippen LogP contribution is -2.29. The molecule has 0 bridgehead atoms. The maximum atomic E-state index is 11.6. The fourth-order valence-corrected chi connectivity index (χ4v) is 3.18. The van der Waals surface area contributed by atoms with Crippen molar-refractivity contribution in [2.75, 3.05) is 0 Å². The molecule has 4 nitrogen and oxygen atoms in total. The van der Waals surface area contributed by atoms with Gasteiger partial charge in [-0.2, -0.15) is 0 Å². The number of allylic oxidation sites excluding steroid dienone is 1. The number of ketones is 1. The van der Waals surface area contributed by atoms with Gasteiger partial charge in [0.25, 0.3) is 0 Å². The van der Waals surface area contributed by atoms with Crippen molar-refractivity contribution in [3.63, 3.8) is 0 Å². The van der Waals surface area contributed by atoms with Crippen LogP contribution in [0.3, 0.4) is 0 Å². The first-order valence-corrected chi connectivity index (χ1v) is 6.98. The molecule has 0 amide bonds. The molecule has 106 valence electrons. The Bertz CT molecular complexity index is 412. The quantitative estimate of drug-likeness (QED) is 0.625. The molecule has 0 radical (unpaired) electrons. The minimum Gasteiger partial charge on any atom is -0.462 e. The van der Waals surface area contributed by atoms with Crippen LogP contribution in [0.1, 0.15) is 40.0 Å². The van der Waals surface area contributed by atoms with E-state index in [-0.39, 0.29) is 35.6 Å². The van der Waals surface area contributed by atoms with Crippen molar-refractivity contribution in [2.45, 2.75) is 52.2 Å². The first kappa shape index (κ1) is 14.3. The summed E-state index contributed by atoms with van der Waals surface area (Å²) in [5, 5.41) is 10.3. The van der Waals surface area contributed by atoms with E-state index in [1.54, 1.807) is 6.92 Å². The highest BCUT2D eigenvalue weighted by atomic mass is 16.6. The van der Waals surface area contributed by atoms with Crippen LogP contribution in [0.4, 0.5) is 0 Å². The Labute approximate surface area is 113 Å². The van der Waals surface area contributed by atoms with Gasteiger partial charge in [0.2, 0.25) is 0 Å². The van der Waals surface area contributed by atoms with Crippen LogP contribution in [-0.2, 0) is 14.3 Å². The molecule has 0 aromatic carbocycles. The minimum atomic E-state index is -0.654. The zero-order valence-corrected chi connectivity index (χ0v) is 11.8. The van der Waals surface area contributed by atoms with Gasteiger partial charge in [-0.15, -0.1) is 0 Å². The molecule has 2 aliphatic rings. The van der Waals surface area contributed by atoms with Crippen molar-refractivity contribution in [3.05, 3.63) is 11.6 Å². The summed E-state index contributed by atoms with van der Waals surface area (Å²) in [5.41, 5.74) is 1.11. The van der Waals surface area contributed by atoms with Gasteiger partial charge in [-0.1, -0.05) is 25.5 Å². The smallest absolute Gasteiger partial charge is 0.309 e. The van der Waals surface area contributed by atoms with E-state index in [1.807, 2.05) is 13.0 Å². The van der Waals surface area contributed by atoms with E-state index >= 15 is 0 Å². The maximum Gasteiger partial charge on any atom is 0.309 e. The molecule has 1 aliphatic carbocycles. The fraction of sp³-hybridized carbons (Fsp3) is 0.733. The lowest BCUT2D eigenvalue weighted by atomic mass is 9.85. The predicted molar refractivity (Wildman–Crippen MR) is 70.3 cm³/mol. The number of fused-ring (bicyclic) bond motifs is 1. The Morgan fingerprint density at radius 1 is 1.47 bits per heavy atom. The molecule has 4 heteroatoms. The van der Waals surface area contributed by atoms with Gasteiger partial charge in [0, 0.05) is 12.3 Å². The van der Waals surface area contributed by atoms with Crippen molar-refractivity contribution < 1.29 is 19.4 Å². The van der Waals surface area contributed by atoms with Crippen molar-refractivity contribution in [1.29, 1.82) is 0 Å². The molecule has 2 rings (SSSR count). The zero-order valence-electron chi connectivity index (χ0n) is 11.8. The second kappa shape index (κ2) is 5.45. The van der Waals surface area contributed by atoms with Gasteiger partial charge in [-0.05, 0) is 25.7 Å². The zero-order chi connectivity index (χ0) is 14.2. The number of aliphatic hydroxyl groups is 1. The third-order valence-electron chi connectivity index (χ3n) is 4.41. The highest BCUT2D eigenvalue weighted by molar-refractivity contribution is 5.76. The van der Waals surface area contributed by atoms with E-state index < -0.39 is 6.10 Å². The lowest BCUT2D eigenvalue weighted by molar-refractivity contribution is -0.144. The number of hydrogen-bond acceptors (Lipinski definition) is 4.